The summed E-state index contributed by atoms with van der Waals surface area (Å²) in [7, 11) is 0. The highest BCUT2D eigenvalue weighted by molar-refractivity contribution is 9.10. The molecule has 2 rings (SSSR count). The van der Waals surface area contributed by atoms with Gasteiger partial charge in [-0.05, 0) is 35.7 Å². The molecule has 0 fully saturated rings. The van der Waals surface area contributed by atoms with Crippen molar-refractivity contribution >= 4 is 15.9 Å². The summed E-state index contributed by atoms with van der Waals surface area (Å²) in [5.74, 6) is 0. The van der Waals surface area contributed by atoms with Crippen LogP contribution in [-0.2, 0) is 24.5 Å². The molecule has 0 saturated heterocycles. The van der Waals surface area contributed by atoms with Crippen LogP contribution >= 0.6 is 15.9 Å². The van der Waals surface area contributed by atoms with E-state index in [0.717, 1.165) is 24.0 Å². The van der Waals surface area contributed by atoms with Gasteiger partial charge < -0.3 is 10.1 Å². The molecule has 0 heterocycles. The number of nitrogens with one attached hydrogen (secondary N) is 1. The molecule has 0 aromatic heterocycles. The van der Waals surface area contributed by atoms with E-state index >= 15 is 0 Å². The van der Waals surface area contributed by atoms with Gasteiger partial charge in [0.05, 0.1) is 13.2 Å². The summed E-state index contributed by atoms with van der Waals surface area (Å²) in [6.45, 7) is 5.43. The van der Waals surface area contributed by atoms with Gasteiger partial charge in [-0.2, -0.15) is 0 Å². The van der Waals surface area contributed by atoms with E-state index in [-0.39, 0.29) is 0 Å². The third kappa shape index (κ3) is 5.62. The molecular weight excluding hydrogens is 326 g/mol. The normalized spacial score (nSPS) is 10.8. The van der Waals surface area contributed by atoms with Crippen molar-refractivity contribution in [2.24, 2.45) is 0 Å². The van der Waals surface area contributed by atoms with Gasteiger partial charge in [0, 0.05) is 11.0 Å². The van der Waals surface area contributed by atoms with Crippen LogP contribution in [0.1, 0.15) is 30.0 Å². The van der Waals surface area contributed by atoms with Crippen LogP contribution in [0.4, 0.5) is 0 Å². The van der Waals surface area contributed by atoms with E-state index < -0.39 is 0 Å². The highest BCUT2D eigenvalue weighted by Gasteiger charge is 2.00. The third-order valence-corrected chi connectivity index (χ3v) is 4.01. The average molecular weight is 348 g/mol. The maximum Gasteiger partial charge on any atom is 0.0732 e. The summed E-state index contributed by atoms with van der Waals surface area (Å²) >= 11 is 3.54. The van der Waals surface area contributed by atoms with Crippen LogP contribution < -0.4 is 5.32 Å². The van der Waals surface area contributed by atoms with E-state index in [1.165, 1.54) is 16.7 Å². The fourth-order valence-electron chi connectivity index (χ4n) is 2.13. The van der Waals surface area contributed by atoms with Crippen LogP contribution in [0, 0.1) is 0 Å². The Hall–Kier alpha value is -1.16. The molecule has 3 heteroatoms. The summed E-state index contributed by atoms with van der Waals surface area (Å²) in [5, 5.41) is 3.42. The average Bonchev–Trinajstić information content (AvgIpc) is 2.50. The number of hydrogen-bond acceptors (Lipinski definition) is 2. The second kappa shape index (κ2) is 8.98. The largest absolute Gasteiger partial charge is 0.372 e. The van der Waals surface area contributed by atoms with Crippen molar-refractivity contribution in [3.63, 3.8) is 0 Å². The van der Waals surface area contributed by atoms with Crippen LogP contribution in [0.2, 0.25) is 0 Å². The lowest BCUT2D eigenvalue weighted by Crippen LogP contribution is -2.13. The molecule has 0 aliphatic carbocycles. The molecule has 2 nitrogen and oxygen atoms in total. The molecule has 0 aliphatic rings. The van der Waals surface area contributed by atoms with Crippen molar-refractivity contribution < 1.29 is 4.74 Å². The lowest BCUT2D eigenvalue weighted by atomic mass is 10.1. The van der Waals surface area contributed by atoms with Gasteiger partial charge in [0.15, 0.2) is 0 Å². The van der Waals surface area contributed by atoms with Gasteiger partial charge in [0.1, 0.15) is 0 Å². The van der Waals surface area contributed by atoms with Gasteiger partial charge in [-0.15, -0.1) is 0 Å². The van der Waals surface area contributed by atoms with Gasteiger partial charge >= 0.3 is 0 Å². The summed E-state index contributed by atoms with van der Waals surface area (Å²) in [4.78, 5) is 0. The number of benzene rings is 2. The first-order valence-corrected chi connectivity index (χ1v) is 8.18. The Morgan fingerprint density at radius 3 is 2.62 bits per heavy atom. The molecule has 0 amide bonds. The zero-order chi connectivity index (χ0) is 14.9. The van der Waals surface area contributed by atoms with Gasteiger partial charge in [0.25, 0.3) is 0 Å². The Morgan fingerprint density at radius 1 is 1.00 bits per heavy atom. The number of rotatable bonds is 8. The van der Waals surface area contributed by atoms with E-state index in [1.54, 1.807) is 0 Å². The summed E-state index contributed by atoms with van der Waals surface area (Å²) < 4.78 is 6.92. The highest BCUT2D eigenvalue weighted by atomic mass is 79.9. The molecule has 2 aromatic rings. The Bertz CT molecular complexity index is 556. The molecule has 1 N–H and O–H groups in total. The second-order valence-corrected chi connectivity index (χ2v) is 5.94. The molecule has 21 heavy (non-hydrogen) atoms. The maximum absolute atomic E-state index is 5.82. The Kier molecular flexibility index (Phi) is 6.93. The molecule has 0 spiro atoms. The zero-order valence-electron chi connectivity index (χ0n) is 12.4. The smallest absolute Gasteiger partial charge is 0.0732 e. The minimum atomic E-state index is 0.625. The lowest BCUT2D eigenvalue weighted by molar-refractivity contribution is 0.106. The van der Waals surface area contributed by atoms with E-state index in [1.807, 2.05) is 18.2 Å². The fourth-order valence-corrected chi connectivity index (χ4v) is 2.53. The first kappa shape index (κ1) is 16.2. The van der Waals surface area contributed by atoms with Crippen LogP contribution in [-0.4, -0.2) is 6.54 Å². The molecule has 0 atom stereocenters. The molecule has 2 aromatic carbocycles. The quantitative estimate of drug-likeness (QED) is 0.701. The highest BCUT2D eigenvalue weighted by Crippen LogP contribution is 2.17. The molecule has 0 bridgehead atoms. The van der Waals surface area contributed by atoms with Crippen molar-refractivity contribution in [2.45, 2.75) is 33.1 Å². The Labute approximate surface area is 135 Å². The van der Waals surface area contributed by atoms with E-state index in [4.69, 9.17) is 4.74 Å². The number of hydrogen-bond donors (Lipinski definition) is 1. The van der Waals surface area contributed by atoms with Crippen molar-refractivity contribution in [3.05, 3.63) is 69.7 Å². The van der Waals surface area contributed by atoms with Gasteiger partial charge in [-0.1, -0.05) is 65.3 Å². The van der Waals surface area contributed by atoms with Gasteiger partial charge in [-0.25, -0.2) is 0 Å². The SMILES string of the molecule is CCCNCc1cccc(COCc2ccccc2Br)c1. The van der Waals surface area contributed by atoms with Crippen LogP contribution in [0.25, 0.3) is 0 Å². The first-order valence-electron chi connectivity index (χ1n) is 7.39. The third-order valence-electron chi connectivity index (χ3n) is 3.23. The van der Waals surface area contributed by atoms with E-state index in [2.05, 4.69) is 58.5 Å². The van der Waals surface area contributed by atoms with Crippen LogP contribution in [0.15, 0.2) is 53.0 Å². The minimum Gasteiger partial charge on any atom is -0.372 e. The molecule has 112 valence electrons. The summed E-state index contributed by atoms with van der Waals surface area (Å²) in [6.07, 6.45) is 1.16. The zero-order valence-corrected chi connectivity index (χ0v) is 14.0. The number of ether oxygens (including phenoxy) is 1. The molecule has 0 radical (unpaired) electrons. The van der Waals surface area contributed by atoms with Gasteiger partial charge in [0.2, 0.25) is 0 Å². The molecule has 0 unspecified atom stereocenters. The monoisotopic (exact) mass is 347 g/mol. The molecule has 0 aliphatic heterocycles. The van der Waals surface area contributed by atoms with Crippen molar-refractivity contribution in [3.8, 4) is 0 Å². The number of halogens is 1. The second-order valence-electron chi connectivity index (χ2n) is 5.08. The van der Waals surface area contributed by atoms with Crippen molar-refractivity contribution in [1.29, 1.82) is 0 Å². The van der Waals surface area contributed by atoms with E-state index in [0.29, 0.717) is 13.2 Å². The standard InChI is InChI=1S/C18H22BrNO/c1-2-10-20-12-15-6-5-7-16(11-15)13-21-14-17-8-3-4-9-18(17)19/h3-9,11,20H,2,10,12-14H2,1H3. The van der Waals surface area contributed by atoms with Crippen LogP contribution in [0.3, 0.4) is 0 Å². The van der Waals surface area contributed by atoms with Crippen LogP contribution in [0.5, 0.6) is 0 Å². The Balaban J connectivity index is 1.83. The summed E-state index contributed by atoms with van der Waals surface area (Å²) in [5.41, 5.74) is 3.71. The Morgan fingerprint density at radius 2 is 1.81 bits per heavy atom. The van der Waals surface area contributed by atoms with Gasteiger partial charge in [-0.3, -0.25) is 0 Å². The fraction of sp³-hybridized carbons (Fsp3) is 0.333. The topological polar surface area (TPSA) is 21.3 Å². The predicted octanol–water partition coefficient (Wildman–Crippen LogP) is 4.67. The lowest BCUT2D eigenvalue weighted by Gasteiger charge is -2.08. The summed E-state index contributed by atoms with van der Waals surface area (Å²) in [6, 6.07) is 16.7. The van der Waals surface area contributed by atoms with Crippen molar-refractivity contribution in [1.82, 2.24) is 5.32 Å². The minimum absolute atomic E-state index is 0.625. The van der Waals surface area contributed by atoms with Crippen molar-refractivity contribution in [2.75, 3.05) is 6.54 Å². The first-order chi connectivity index (χ1) is 10.3. The molecule has 0 saturated carbocycles. The molecular formula is C18H22BrNO. The maximum atomic E-state index is 5.82. The van der Waals surface area contributed by atoms with E-state index in [9.17, 15) is 0 Å². The predicted molar refractivity (Wildman–Crippen MR) is 91.1 cm³/mol.